The first-order chi connectivity index (χ1) is 9.83. The number of aryl methyl sites for hydroxylation is 2. The second kappa shape index (κ2) is 10.9. The molecule has 2 heteroatoms. The SMILES string of the molecule is CCCCCCCCCc1n(CCC)cc[n+]1CCC. The van der Waals surface area contributed by atoms with Crippen molar-refractivity contribution in [2.45, 2.75) is 98.1 Å². The molecular weight excluding hydrogens is 244 g/mol. The highest BCUT2D eigenvalue weighted by atomic mass is 15.1. The predicted octanol–water partition coefficient (Wildman–Crippen LogP) is 4.89. The third kappa shape index (κ3) is 6.11. The molecule has 0 aromatic carbocycles. The molecule has 0 bridgehead atoms. The molecule has 0 aliphatic heterocycles. The second-order valence-electron chi connectivity index (χ2n) is 5.97. The van der Waals surface area contributed by atoms with E-state index in [1.54, 1.807) is 5.82 Å². The molecule has 1 aromatic rings. The zero-order valence-corrected chi connectivity index (χ0v) is 14.0. The molecule has 20 heavy (non-hydrogen) atoms. The first-order valence-corrected chi connectivity index (χ1v) is 8.90. The van der Waals surface area contributed by atoms with Gasteiger partial charge in [-0.1, -0.05) is 59.3 Å². The number of aromatic nitrogens is 2. The van der Waals surface area contributed by atoms with E-state index in [0.29, 0.717) is 0 Å². The van der Waals surface area contributed by atoms with Crippen molar-refractivity contribution in [1.82, 2.24) is 4.57 Å². The van der Waals surface area contributed by atoms with E-state index in [4.69, 9.17) is 0 Å². The van der Waals surface area contributed by atoms with Crippen LogP contribution in [0.2, 0.25) is 0 Å². The molecule has 116 valence electrons. The highest BCUT2D eigenvalue weighted by molar-refractivity contribution is 4.84. The summed E-state index contributed by atoms with van der Waals surface area (Å²) in [5.41, 5.74) is 0. The fourth-order valence-electron chi connectivity index (χ4n) is 2.91. The van der Waals surface area contributed by atoms with Crippen molar-refractivity contribution in [3.05, 3.63) is 18.2 Å². The fourth-order valence-corrected chi connectivity index (χ4v) is 2.91. The van der Waals surface area contributed by atoms with Crippen LogP contribution in [-0.4, -0.2) is 4.57 Å². The van der Waals surface area contributed by atoms with E-state index in [1.807, 2.05) is 0 Å². The lowest BCUT2D eigenvalue weighted by molar-refractivity contribution is -0.703. The molecule has 0 aliphatic rings. The van der Waals surface area contributed by atoms with Gasteiger partial charge < -0.3 is 0 Å². The lowest BCUT2D eigenvalue weighted by atomic mass is 10.1. The van der Waals surface area contributed by atoms with Gasteiger partial charge in [0.2, 0.25) is 0 Å². The Balaban J connectivity index is 2.34. The first-order valence-electron chi connectivity index (χ1n) is 8.90. The first kappa shape index (κ1) is 17.3. The normalized spacial score (nSPS) is 11.2. The Kier molecular flexibility index (Phi) is 9.44. The van der Waals surface area contributed by atoms with E-state index in [1.165, 1.54) is 77.3 Å². The maximum Gasteiger partial charge on any atom is 0.256 e. The van der Waals surface area contributed by atoms with Gasteiger partial charge in [-0.05, 0) is 19.3 Å². The van der Waals surface area contributed by atoms with Crippen molar-refractivity contribution in [2.75, 3.05) is 0 Å². The maximum atomic E-state index is 2.47. The summed E-state index contributed by atoms with van der Waals surface area (Å²) < 4.78 is 4.93. The topological polar surface area (TPSA) is 8.81 Å². The Bertz CT molecular complexity index is 318. The molecule has 0 spiro atoms. The third-order valence-electron chi connectivity index (χ3n) is 4.02. The monoisotopic (exact) mass is 279 g/mol. The van der Waals surface area contributed by atoms with E-state index in [-0.39, 0.29) is 0 Å². The van der Waals surface area contributed by atoms with Crippen LogP contribution in [0.1, 0.15) is 84.4 Å². The van der Waals surface area contributed by atoms with Gasteiger partial charge in [-0.2, -0.15) is 0 Å². The molecule has 0 fully saturated rings. The highest BCUT2D eigenvalue weighted by Gasteiger charge is 2.15. The van der Waals surface area contributed by atoms with Crippen molar-refractivity contribution in [2.24, 2.45) is 0 Å². The van der Waals surface area contributed by atoms with Crippen molar-refractivity contribution in [3.8, 4) is 0 Å². The molecule has 0 saturated heterocycles. The summed E-state index contributed by atoms with van der Waals surface area (Å²) >= 11 is 0. The highest BCUT2D eigenvalue weighted by Crippen LogP contribution is 2.10. The average molecular weight is 279 g/mol. The van der Waals surface area contributed by atoms with Crippen molar-refractivity contribution < 1.29 is 4.57 Å². The van der Waals surface area contributed by atoms with Crippen LogP contribution in [0.4, 0.5) is 0 Å². The molecule has 0 atom stereocenters. The van der Waals surface area contributed by atoms with Gasteiger partial charge in [-0.15, -0.1) is 0 Å². The molecule has 1 rings (SSSR count). The number of imidazole rings is 1. The molecule has 1 aromatic heterocycles. The molecule has 2 nitrogen and oxygen atoms in total. The van der Waals surface area contributed by atoms with Crippen LogP contribution >= 0.6 is 0 Å². The lowest BCUT2D eigenvalue weighted by Crippen LogP contribution is -2.37. The summed E-state index contributed by atoms with van der Waals surface area (Å²) in [7, 11) is 0. The summed E-state index contributed by atoms with van der Waals surface area (Å²) in [4.78, 5) is 0. The maximum absolute atomic E-state index is 2.47. The number of nitrogens with zero attached hydrogens (tertiary/aromatic N) is 2. The van der Waals surface area contributed by atoms with Crippen LogP contribution in [0, 0.1) is 0 Å². The number of hydrogen-bond donors (Lipinski definition) is 0. The van der Waals surface area contributed by atoms with Gasteiger partial charge in [0, 0.05) is 6.42 Å². The minimum Gasteiger partial charge on any atom is -0.234 e. The smallest absolute Gasteiger partial charge is 0.234 e. The van der Waals surface area contributed by atoms with Gasteiger partial charge in [0.15, 0.2) is 0 Å². The largest absolute Gasteiger partial charge is 0.256 e. The van der Waals surface area contributed by atoms with Gasteiger partial charge in [0.1, 0.15) is 12.4 Å². The summed E-state index contributed by atoms with van der Waals surface area (Å²) in [5, 5.41) is 0. The van der Waals surface area contributed by atoms with Gasteiger partial charge in [0.05, 0.1) is 13.1 Å². The van der Waals surface area contributed by atoms with E-state index in [0.717, 1.165) is 0 Å². The number of rotatable bonds is 12. The molecule has 0 aliphatic carbocycles. The van der Waals surface area contributed by atoms with Crippen molar-refractivity contribution in [1.29, 1.82) is 0 Å². The molecular formula is C18H35N2+. The Morgan fingerprint density at radius 2 is 1.55 bits per heavy atom. The van der Waals surface area contributed by atoms with Gasteiger partial charge >= 0.3 is 0 Å². The van der Waals surface area contributed by atoms with Crippen molar-refractivity contribution in [3.63, 3.8) is 0 Å². The molecule has 0 amide bonds. The standard InChI is InChI=1S/C18H35N2/c1-4-7-8-9-10-11-12-13-18-19(14-5-2)16-17-20(18)15-6-3/h16-17H,4-15H2,1-3H3/q+1. The second-order valence-corrected chi connectivity index (χ2v) is 5.97. The van der Waals surface area contributed by atoms with E-state index in [9.17, 15) is 0 Å². The van der Waals surface area contributed by atoms with E-state index in [2.05, 4.69) is 42.3 Å². The van der Waals surface area contributed by atoms with E-state index < -0.39 is 0 Å². The predicted molar refractivity (Wildman–Crippen MR) is 86.9 cm³/mol. The Morgan fingerprint density at radius 1 is 0.850 bits per heavy atom. The van der Waals surface area contributed by atoms with E-state index >= 15 is 0 Å². The van der Waals surface area contributed by atoms with Crippen molar-refractivity contribution >= 4 is 0 Å². The zero-order chi connectivity index (χ0) is 14.6. The lowest BCUT2D eigenvalue weighted by Gasteiger charge is -2.04. The third-order valence-corrected chi connectivity index (χ3v) is 4.02. The summed E-state index contributed by atoms with van der Waals surface area (Å²) in [6.45, 7) is 9.16. The Hall–Kier alpha value is -0.790. The van der Waals surface area contributed by atoms with Crippen LogP contribution in [0.5, 0.6) is 0 Å². The summed E-state index contributed by atoms with van der Waals surface area (Å²) in [6, 6.07) is 0. The Morgan fingerprint density at radius 3 is 2.20 bits per heavy atom. The van der Waals surface area contributed by atoms with Gasteiger partial charge in [-0.3, -0.25) is 0 Å². The minimum absolute atomic E-state index is 1.17. The molecule has 0 radical (unpaired) electrons. The van der Waals surface area contributed by atoms with Crippen LogP contribution in [-0.2, 0) is 19.5 Å². The van der Waals surface area contributed by atoms with Crippen LogP contribution in [0.25, 0.3) is 0 Å². The number of hydrogen-bond acceptors (Lipinski definition) is 0. The van der Waals surface area contributed by atoms with Gasteiger partial charge in [0.25, 0.3) is 5.82 Å². The fraction of sp³-hybridized carbons (Fsp3) is 0.833. The quantitative estimate of drug-likeness (QED) is 0.380. The Labute approximate surface area is 126 Å². The number of unbranched alkanes of at least 4 members (excludes halogenated alkanes) is 6. The van der Waals surface area contributed by atoms with Crippen LogP contribution in [0.3, 0.4) is 0 Å². The minimum atomic E-state index is 1.17. The molecule has 1 heterocycles. The average Bonchev–Trinajstić information content (AvgIpc) is 2.81. The van der Waals surface area contributed by atoms with Crippen LogP contribution < -0.4 is 4.57 Å². The zero-order valence-electron chi connectivity index (χ0n) is 14.0. The van der Waals surface area contributed by atoms with Crippen LogP contribution in [0.15, 0.2) is 12.4 Å². The van der Waals surface area contributed by atoms with Gasteiger partial charge in [-0.25, -0.2) is 9.13 Å². The summed E-state index contributed by atoms with van der Waals surface area (Å²) in [5.74, 6) is 1.54. The summed E-state index contributed by atoms with van der Waals surface area (Å²) in [6.07, 6.45) is 18.0. The molecule has 0 unspecified atom stereocenters. The molecule has 0 N–H and O–H groups in total. The molecule has 0 saturated carbocycles.